The molecule has 14 heavy (non-hydrogen) atoms. The molecule has 0 aromatic heterocycles. The Balaban J connectivity index is 2.94. The third kappa shape index (κ3) is 3.73. The Morgan fingerprint density at radius 1 is 1.50 bits per heavy atom. The standard InChI is InChI=1S/C12H14BrI/c1-9(2)11(8-13)6-10-4-3-5-12(14)7-10/h3-7,9H,8H2,1-2H3/b11-6+. The van der Waals surface area contributed by atoms with E-state index in [0.717, 1.165) is 5.33 Å². The minimum atomic E-state index is 0.604. The third-order valence-corrected chi connectivity index (χ3v) is 3.42. The molecular weight excluding hydrogens is 351 g/mol. The summed E-state index contributed by atoms with van der Waals surface area (Å²) in [5.41, 5.74) is 2.73. The highest BCUT2D eigenvalue weighted by molar-refractivity contribution is 14.1. The van der Waals surface area contributed by atoms with Crippen LogP contribution < -0.4 is 0 Å². The van der Waals surface area contributed by atoms with Crippen LogP contribution in [0.2, 0.25) is 0 Å². The summed E-state index contributed by atoms with van der Waals surface area (Å²) in [5.74, 6) is 0.604. The summed E-state index contributed by atoms with van der Waals surface area (Å²) in [4.78, 5) is 0. The van der Waals surface area contributed by atoms with Gasteiger partial charge in [-0.1, -0.05) is 53.6 Å². The normalized spacial score (nSPS) is 12.2. The molecule has 0 aliphatic heterocycles. The number of rotatable bonds is 3. The minimum absolute atomic E-state index is 0.604. The van der Waals surface area contributed by atoms with Gasteiger partial charge < -0.3 is 0 Å². The highest BCUT2D eigenvalue weighted by Gasteiger charge is 2.01. The molecule has 0 saturated carbocycles. The molecule has 76 valence electrons. The first-order chi connectivity index (χ1) is 6.63. The van der Waals surface area contributed by atoms with E-state index in [0.29, 0.717) is 5.92 Å². The summed E-state index contributed by atoms with van der Waals surface area (Å²) in [7, 11) is 0. The van der Waals surface area contributed by atoms with Crippen LogP contribution in [0.5, 0.6) is 0 Å². The highest BCUT2D eigenvalue weighted by Crippen LogP contribution is 2.18. The molecule has 0 fully saturated rings. The van der Waals surface area contributed by atoms with Gasteiger partial charge in [-0.2, -0.15) is 0 Å². The molecule has 1 aromatic rings. The van der Waals surface area contributed by atoms with Gasteiger partial charge in [0.1, 0.15) is 0 Å². The lowest BCUT2D eigenvalue weighted by molar-refractivity contribution is 0.781. The molecule has 0 nitrogen and oxygen atoms in total. The fourth-order valence-electron chi connectivity index (χ4n) is 1.17. The summed E-state index contributed by atoms with van der Waals surface area (Å²) in [5, 5.41) is 0.955. The Morgan fingerprint density at radius 2 is 2.21 bits per heavy atom. The van der Waals surface area contributed by atoms with Crippen LogP contribution in [0.1, 0.15) is 19.4 Å². The lowest BCUT2D eigenvalue weighted by Crippen LogP contribution is -1.94. The zero-order valence-corrected chi connectivity index (χ0v) is 12.2. The van der Waals surface area contributed by atoms with Gasteiger partial charge in [-0.05, 0) is 46.2 Å². The molecule has 0 amide bonds. The van der Waals surface area contributed by atoms with Crippen LogP contribution in [-0.2, 0) is 0 Å². The molecule has 0 saturated heterocycles. The van der Waals surface area contributed by atoms with Gasteiger partial charge >= 0.3 is 0 Å². The number of allylic oxidation sites excluding steroid dienone is 1. The smallest absolute Gasteiger partial charge is 0.0247 e. The molecule has 0 aliphatic rings. The molecule has 0 radical (unpaired) electrons. The Labute approximate surface area is 108 Å². The van der Waals surface area contributed by atoms with E-state index in [4.69, 9.17) is 0 Å². The van der Waals surface area contributed by atoms with Gasteiger partial charge in [0.05, 0.1) is 0 Å². The maximum Gasteiger partial charge on any atom is 0.0247 e. The van der Waals surface area contributed by atoms with Crippen molar-refractivity contribution in [2.45, 2.75) is 13.8 Å². The largest absolute Gasteiger partial charge is 0.0880 e. The molecule has 0 atom stereocenters. The van der Waals surface area contributed by atoms with Crippen LogP contribution >= 0.6 is 38.5 Å². The van der Waals surface area contributed by atoms with Crippen molar-refractivity contribution in [3.63, 3.8) is 0 Å². The molecule has 0 bridgehead atoms. The maximum absolute atomic E-state index is 3.52. The summed E-state index contributed by atoms with van der Waals surface area (Å²) in [6.45, 7) is 4.45. The summed E-state index contributed by atoms with van der Waals surface area (Å²) < 4.78 is 1.29. The van der Waals surface area contributed by atoms with Crippen molar-refractivity contribution in [3.05, 3.63) is 39.0 Å². The molecule has 2 heteroatoms. The zero-order chi connectivity index (χ0) is 10.6. The first-order valence-electron chi connectivity index (χ1n) is 4.65. The van der Waals surface area contributed by atoms with Crippen molar-refractivity contribution in [2.24, 2.45) is 5.92 Å². The van der Waals surface area contributed by atoms with E-state index in [2.05, 4.69) is 82.7 Å². The Morgan fingerprint density at radius 3 is 2.71 bits per heavy atom. The molecule has 0 unspecified atom stereocenters. The molecule has 0 aliphatic carbocycles. The minimum Gasteiger partial charge on any atom is -0.0880 e. The van der Waals surface area contributed by atoms with Gasteiger partial charge in [-0.15, -0.1) is 0 Å². The summed E-state index contributed by atoms with van der Waals surface area (Å²) in [6, 6.07) is 8.56. The SMILES string of the molecule is CC(C)/C(=C/c1cccc(I)c1)CBr. The van der Waals surface area contributed by atoms with Crippen molar-refractivity contribution >= 4 is 44.6 Å². The Kier molecular flexibility index (Phi) is 5.17. The second-order valence-electron chi connectivity index (χ2n) is 3.56. The predicted octanol–water partition coefficient (Wildman–Crippen LogP) is 4.73. The summed E-state index contributed by atoms with van der Waals surface area (Å²) in [6.07, 6.45) is 2.27. The number of benzene rings is 1. The van der Waals surface area contributed by atoms with Crippen molar-refractivity contribution in [3.8, 4) is 0 Å². The van der Waals surface area contributed by atoms with E-state index >= 15 is 0 Å². The second kappa shape index (κ2) is 5.91. The monoisotopic (exact) mass is 364 g/mol. The molecule has 1 aromatic carbocycles. The van der Waals surface area contributed by atoms with E-state index in [1.165, 1.54) is 14.7 Å². The van der Waals surface area contributed by atoms with Gasteiger partial charge in [0.2, 0.25) is 0 Å². The van der Waals surface area contributed by atoms with Gasteiger partial charge in [-0.25, -0.2) is 0 Å². The van der Waals surface area contributed by atoms with E-state index < -0.39 is 0 Å². The number of halogens is 2. The molecule has 1 rings (SSSR count). The fraction of sp³-hybridized carbons (Fsp3) is 0.333. The van der Waals surface area contributed by atoms with E-state index in [1.54, 1.807) is 0 Å². The van der Waals surface area contributed by atoms with Gasteiger partial charge in [0.25, 0.3) is 0 Å². The number of hydrogen-bond donors (Lipinski definition) is 0. The lowest BCUT2D eigenvalue weighted by atomic mass is 10.0. The van der Waals surface area contributed by atoms with Crippen LogP contribution in [0.25, 0.3) is 6.08 Å². The summed E-state index contributed by atoms with van der Waals surface area (Å²) >= 11 is 5.86. The van der Waals surface area contributed by atoms with Crippen LogP contribution in [0.4, 0.5) is 0 Å². The van der Waals surface area contributed by atoms with Crippen molar-refractivity contribution in [1.29, 1.82) is 0 Å². The third-order valence-electron chi connectivity index (χ3n) is 2.10. The second-order valence-corrected chi connectivity index (χ2v) is 5.37. The fourth-order valence-corrected chi connectivity index (χ4v) is 2.55. The van der Waals surface area contributed by atoms with Gasteiger partial charge in [0, 0.05) is 8.90 Å². The van der Waals surface area contributed by atoms with Gasteiger partial charge in [-0.3, -0.25) is 0 Å². The Bertz CT molecular complexity index is 329. The van der Waals surface area contributed by atoms with Crippen LogP contribution in [-0.4, -0.2) is 5.33 Å². The van der Waals surface area contributed by atoms with Crippen molar-refractivity contribution in [1.82, 2.24) is 0 Å². The average Bonchev–Trinajstić information content (AvgIpc) is 2.14. The highest BCUT2D eigenvalue weighted by atomic mass is 127. The topological polar surface area (TPSA) is 0 Å². The Hall–Kier alpha value is 0.170. The van der Waals surface area contributed by atoms with Crippen LogP contribution in [0.15, 0.2) is 29.8 Å². The maximum atomic E-state index is 3.52. The molecular formula is C12H14BrI. The number of hydrogen-bond acceptors (Lipinski definition) is 0. The van der Waals surface area contributed by atoms with Crippen molar-refractivity contribution in [2.75, 3.05) is 5.33 Å². The van der Waals surface area contributed by atoms with E-state index in [9.17, 15) is 0 Å². The lowest BCUT2D eigenvalue weighted by Gasteiger charge is -2.07. The zero-order valence-electron chi connectivity index (χ0n) is 8.43. The van der Waals surface area contributed by atoms with E-state index in [-0.39, 0.29) is 0 Å². The predicted molar refractivity (Wildman–Crippen MR) is 75.8 cm³/mol. The van der Waals surface area contributed by atoms with E-state index in [1.807, 2.05) is 0 Å². The van der Waals surface area contributed by atoms with Crippen LogP contribution in [0.3, 0.4) is 0 Å². The molecule has 0 heterocycles. The van der Waals surface area contributed by atoms with Gasteiger partial charge in [0.15, 0.2) is 0 Å². The first-order valence-corrected chi connectivity index (χ1v) is 6.85. The number of alkyl halides is 1. The molecule has 0 N–H and O–H groups in total. The first kappa shape index (κ1) is 12.2. The molecule has 0 spiro atoms. The van der Waals surface area contributed by atoms with Crippen LogP contribution in [0, 0.1) is 9.49 Å². The van der Waals surface area contributed by atoms with Crippen molar-refractivity contribution < 1.29 is 0 Å². The quantitative estimate of drug-likeness (QED) is 0.537. The average molecular weight is 365 g/mol.